The monoisotopic (exact) mass is 192 g/mol. The van der Waals surface area contributed by atoms with Crippen LogP contribution in [0.3, 0.4) is 0 Å². The standard InChI is InChI=1S/C11H16N2O/c1-4-5-11(7-12)8-13-9(2)6-10(3)14/h4-8,14H,3,12H2,1-2H3/b5-4-,9-6+,11-7+,13-8+. The lowest BCUT2D eigenvalue weighted by atomic mass is 10.3. The van der Waals surface area contributed by atoms with E-state index in [0.717, 1.165) is 5.57 Å². The van der Waals surface area contributed by atoms with Gasteiger partial charge >= 0.3 is 0 Å². The number of allylic oxidation sites excluding steroid dienone is 5. The third kappa shape index (κ3) is 5.83. The lowest BCUT2D eigenvalue weighted by molar-refractivity contribution is 0.434. The molecule has 14 heavy (non-hydrogen) atoms. The number of aliphatic hydroxyl groups is 1. The van der Waals surface area contributed by atoms with Gasteiger partial charge in [-0.2, -0.15) is 0 Å². The highest BCUT2D eigenvalue weighted by atomic mass is 16.3. The van der Waals surface area contributed by atoms with Crippen LogP contribution in [0.15, 0.2) is 53.0 Å². The molecule has 0 atom stereocenters. The van der Waals surface area contributed by atoms with Gasteiger partial charge in [-0.1, -0.05) is 18.7 Å². The molecule has 0 rings (SSSR count). The van der Waals surface area contributed by atoms with E-state index in [1.165, 1.54) is 12.3 Å². The van der Waals surface area contributed by atoms with Gasteiger partial charge in [-0.05, 0) is 13.8 Å². The molecule has 0 aromatic rings. The lowest BCUT2D eigenvalue weighted by Gasteiger charge is -1.93. The van der Waals surface area contributed by atoms with Crippen molar-refractivity contribution in [3.63, 3.8) is 0 Å². The largest absolute Gasteiger partial charge is 0.509 e. The minimum atomic E-state index is -0.0102. The Hall–Kier alpha value is -1.77. The summed E-state index contributed by atoms with van der Waals surface area (Å²) >= 11 is 0. The summed E-state index contributed by atoms with van der Waals surface area (Å²) in [6, 6.07) is 0. The summed E-state index contributed by atoms with van der Waals surface area (Å²) in [5.41, 5.74) is 6.83. The van der Waals surface area contributed by atoms with Crippen molar-refractivity contribution >= 4 is 6.21 Å². The van der Waals surface area contributed by atoms with Gasteiger partial charge in [0.05, 0.1) is 0 Å². The Morgan fingerprint density at radius 2 is 2.14 bits per heavy atom. The average molecular weight is 192 g/mol. The van der Waals surface area contributed by atoms with E-state index < -0.39 is 0 Å². The second-order valence-electron chi connectivity index (χ2n) is 2.70. The fourth-order valence-electron chi connectivity index (χ4n) is 0.789. The Bertz CT molecular complexity index is 309. The molecule has 76 valence electrons. The van der Waals surface area contributed by atoms with Crippen LogP contribution >= 0.6 is 0 Å². The SMILES string of the molecule is C=C(O)/C=C(C)/N=C/C(/C=C\C)=C/N. The Morgan fingerprint density at radius 1 is 1.50 bits per heavy atom. The molecule has 0 fully saturated rings. The van der Waals surface area contributed by atoms with E-state index in [-0.39, 0.29) is 5.76 Å². The zero-order chi connectivity index (χ0) is 11.0. The molecule has 0 bridgehead atoms. The van der Waals surface area contributed by atoms with Gasteiger partial charge in [0.25, 0.3) is 0 Å². The Kier molecular flexibility index (Phi) is 5.87. The van der Waals surface area contributed by atoms with Gasteiger partial charge in [-0.25, -0.2) is 0 Å². The van der Waals surface area contributed by atoms with Crippen molar-refractivity contribution in [1.82, 2.24) is 0 Å². The molecule has 0 amide bonds. The van der Waals surface area contributed by atoms with E-state index in [0.29, 0.717) is 5.70 Å². The van der Waals surface area contributed by atoms with Crippen LogP contribution in [0.1, 0.15) is 13.8 Å². The van der Waals surface area contributed by atoms with Crippen molar-refractivity contribution in [2.75, 3.05) is 0 Å². The summed E-state index contributed by atoms with van der Waals surface area (Å²) in [4.78, 5) is 4.07. The van der Waals surface area contributed by atoms with E-state index in [4.69, 9.17) is 10.8 Å². The fraction of sp³-hybridized carbons (Fsp3) is 0.182. The number of aliphatic imine (C=N–C) groups is 1. The number of nitrogens with zero attached hydrogens (tertiary/aromatic N) is 1. The molecular formula is C11H16N2O. The molecule has 0 saturated heterocycles. The van der Waals surface area contributed by atoms with Crippen molar-refractivity contribution in [3.05, 3.63) is 48.0 Å². The number of nitrogens with two attached hydrogens (primary N) is 1. The van der Waals surface area contributed by atoms with Gasteiger partial charge in [0.15, 0.2) is 0 Å². The van der Waals surface area contributed by atoms with Gasteiger partial charge < -0.3 is 10.8 Å². The van der Waals surface area contributed by atoms with Crippen LogP contribution in [0.5, 0.6) is 0 Å². The molecule has 0 heterocycles. The average Bonchev–Trinajstić information content (AvgIpc) is 2.11. The molecule has 0 aliphatic rings. The van der Waals surface area contributed by atoms with Gasteiger partial charge in [-0.15, -0.1) is 0 Å². The van der Waals surface area contributed by atoms with Crippen molar-refractivity contribution < 1.29 is 5.11 Å². The molecule has 3 N–H and O–H groups in total. The third-order valence-corrected chi connectivity index (χ3v) is 1.34. The number of rotatable bonds is 4. The minimum absolute atomic E-state index is 0.0102. The highest BCUT2D eigenvalue weighted by molar-refractivity contribution is 5.82. The molecule has 0 aromatic carbocycles. The van der Waals surface area contributed by atoms with Crippen LogP contribution in [0.2, 0.25) is 0 Å². The number of hydrogen-bond donors (Lipinski definition) is 2. The van der Waals surface area contributed by atoms with Crippen LogP contribution in [0.25, 0.3) is 0 Å². The molecule has 0 saturated carbocycles. The maximum atomic E-state index is 8.85. The Labute approximate surface area is 84.7 Å². The van der Waals surface area contributed by atoms with Crippen molar-refractivity contribution in [2.24, 2.45) is 10.7 Å². The van der Waals surface area contributed by atoms with Crippen LogP contribution < -0.4 is 5.73 Å². The summed E-state index contributed by atoms with van der Waals surface area (Å²) in [6.45, 7) is 6.99. The van der Waals surface area contributed by atoms with Gasteiger partial charge in [0.2, 0.25) is 0 Å². The Balaban J connectivity index is 4.50. The topological polar surface area (TPSA) is 58.6 Å². The molecule has 0 aliphatic heterocycles. The summed E-state index contributed by atoms with van der Waals surface area (Å²) in [6.07, 6.45) is 8.26. The first kappa shape index (κ1) is 12.2. The maximum absolute atomic E-state index is 8.85. The summed E-state index contributed by atoms with van der Waals surface area (Å²) < 4.78 is 0. The fourth-order valence-corrected chi connectivity index (χ4v) is 0.789. The zero-order valence-corrected chi connectivity index (χ0v) is 8.57. The number of hydrogen-bond acceptors (Lipinski definition) is 3. The molecule has 0 aliphatic carbocycles. The third-order valence-electron chi connectivity index (χ3n) is 1.34. The molecule has 3 nitrogen and oxygen atoms in total. The van der Waals surface area contributed by atoms with E-state index in [1.54, 1.807) is 13.1 Å². The highest BCUT2D eigenvalue weighted by Crippen LogP contribution is 2.00. The van der Waals surface area contributed by atoms with E-state index >= 15 is 0 Å². The van der Waals surface area contributed by atoms with Crippen molar-refractivity contribution in [3.8, 4) is 0 Å². The molecule has 0 radical (unpaired) electrons. The molecular weight excluding hydrogens is 176 g/mol. The first-order valence-corrected chi connectivity index (χ1v) is 4.25. The van der Waals surface area contributed by atoms with E-state index in [1.807, 2.05) is 19.1 Å². The number of aliphatic hydroxyl groups excluding tert-OH is 1. The molecule has 3 heteroatoms. The summed E-state index contributed by atoms with van der Waals surface area (Å²) in [5, 5.41) is 8.85. The second kappa shape index (κ2) is 6.71. The normalized spacial score (nSPS) is 14.1. The summed E-state index contributed by atoms with van der Waals surface area (Å²) in [7, 11) is 0. The first-order chi connectivity index (χ1) is 6.60. The second-order valence-corrected chi connectivity index (χ2v) is 2.70. The first-order valence-electron chi connectivity index (χ1n) is 4.25. The predicted octanol–water partition coefficient (Wildman–Crippen LogP) is 2.45. The zero-order valence-electron chi connectivity index (χ0n) is 8.57. The molecule has 0 aromatic heterocycles. The van der Waals surface area contributed by atoms with Crippen LogP contribution in [-0.2, 0) is 0 Å². The quantitative estimate of drug-likeness (QED) is 0.408. The maximum Gasteiger partial charge on any atom is 0.110 e. The molecule has 0 unspecified atom stereocenters. The smallest absolute Gasteiger partial charge is 0.110 e. The lowest BCUT2D eigenvalue weighted by Crippen LogP contribution is -1.87. The van der Waals surface area contributed by atoms with Gasteiger partial charge in [0, 0.05) is 29.8 Å². The van der Waals surface area contributed by atoms with Gasteiger partial charge in [0.1, 0.15) is 5.76 Å². The van der Waals surface area contributed by atoms with Crippen LogP contribution in [0, 0.1) is 0 Å². The molecule has 0 spiro atoms. The predicted molar refractivity (Wildman–Crippen MR) is 61.1 cm³/mol. The van der Waals surface area contributed by atoms with Crippen molar-refractivity contribution in [1.29, 1.82) is 0 Å². The van der Waals surface area contributed by atoms with Gasteiger partial charge in [-0.3, -0.25) is 4.99 Å². The highest BCUT2D eigenvalue weighted by Gasteiger charge is 1.87. The van der Waals surface area contributed by atoms with E-state index in [9.17, 15) is 0 Å². The van der Waals surface area contributed by atoms with E-state index in [2.05, 4.69) is 11.6 Å². The minimum Gasteiger partial charge on any atom is -0.509 e. The van der Waals surface area contributed by atoms with Crippen LogP contribution in [0.4, 0.5) is 0 Å². The summed E-state index contributed by atoms with van der Waals surface area (Å²) in [5.74, 6) is -0.0102. The van der Waals surface area contributed by atoms with Crippen molar-refractivity contribution in [2.45, 2.75) is 13.8 Å². The Morgan fingerprint density at radius 3 is 2.57 bits per heavy atom. The van der Waals surface area contributed by atoms with Crippen LogP contribution in [-0.4, -0.2) is 11.3 Å².